The number of rotatable bonds is 3. The third-order valence-corrected chi connectivity index (χ3v) is 3.83. The van der Waals surface area contributed by atoms with Crippen LogP contribution in [0.5, 0.6) is 0 Å². The number of carbonyl (C=O) groups is 1. The average Bonchev–Trinajstić information content (AvgIpc) is 2.95. The summed E-state index contributed by atoms with van der Waals surface area (Å²) < 4.78 is 24.8. The molecule has 1 aromatic carbocycles. The number of aliphatic imine (C=N–C) groups is 1. The average molecular weight is 332 g/mol. The first-order valence-corrected chi connectivity index (χ1v) is 7.40. The van der Waals surface area contributed by atoms with Crippen molar-refractivity contribution < 1.29 is 18.3 Å². The van der Waals surface area contributed by atoms with Crippen LogP contribution in [0.3, 0.4) is 0 Å². The van der Waals surface area contributed by atoms with Crippen LogP contribution in [0.4, 0.5) is 10.1 Å². The van der Waals surface area contributed by atoms with Gasteiger partial charge in [0.15, 0.2) is 11.6 Å². The second kappa shape index (κ2) is 5.95. The standard InChI is InChI=1S/C16H17FN4O3/c1-9-20-13(8-23-9)14(22)21-10-3-4-12(17)11(7-10)16(2)5-6-19-15(18)24-16/h3-4,7-8H,5-6H2,1-2H3,(H2,18,19)(H,21,22)/t16-/m0/s1. The molecule has 2 aromatic rings. The van der Waals surface area contributed by atoms with Gasteiger partial charge in [-0.3, -0.25) is 4.79 Å². The van der Waals surface area contributed by atoms with E-state index in [0.717, 1.165) is 0 Å². The van der Waals surface area contributed by atoms with Crippen LogP contribution in [-0.4, -0.2) is 23.5 Å². The van der Waals surface area contributed by atoms with E-state index in [4.69, 9.17) is 14.9 Å². The van der Waals surface area contributed by atoms with Gasteiger partial charge in [0.1, 0.15) is 17.7 Å². The Morgan fingerprint density at radius 3 is 2.92 bits per heavy atom. The molecule has 0 spiro atoms. The molecule has 0 saturated carbocycles. The molecule has 126 valence electrons. The molecule has 1 aliphatic rings. The van der Waals surface area contributed by atoms with Gasteiger partial charge in [0.25, 0.3) is 11.9 Å². The van der Waals surface area contributed by atoms with E-state index in [0.29, 0.717) is 30.1 Å². The van der Waals surface area contributed by atoms with E-state index in [2.05, 4.69) is 15.3 Å². The fourth-order valence-corrected chi connectivity index (χ4v) is 2.55. The summed E-state index contributed by atoms with van der Waals surface area (Å²) in [6.45, 7) is 3.82. The smallest absolute Gasteiger partial charge is 0.282 e. The zero-order chi connectivity index (χ0) is 17.3. The van der Waals surface area contributed by atoms with Crippen molar-refractivity contribution in [2.24, 2.45) is 10.7 Å². The van der Waals surface area contributed by atoms with Gasteiger partial charge in [0, 0.05) is 31.1 Å². The van der Waals surface area contributed by atoms with Crippen molar-refractivity contribution in [1.29, 1.82) is 0 Å². The molecule has 7 nitrogen and oxygen atoms in total. The molecule has 0 aliphatic carbocycles. The van der Waals surface area contributed by atoms with E-state index in [9.17, 15) is 9.18 Å². The lowest BCUT2D eigenvalue weighted by Crippen LogP contribution is -2.38. The fraction of sp³-hybridized carbons (Fsp3) is 0.312. The van der Waals surface area contributed by atoms with Crippen molar-refractivity contribution >= 4 is 17.6 Å². The molecule has 24 heavy (non-hydrogen) atoms. The summed E-state index contributed by atoms with van der Waals surface area (Å²) in [5.41, 5.74) is 5.54. The highest BCUT2D eigenvalue weighted by atomic mass is 19.1. The highest BCUT2D eigenvalue weighted by molar-refractivity contribution is 6.02. The molecule has 1 atom stereocenters. The topological polar surface area (TPSA) is 103 Å². The maximum Gasteiger partial charge on any atom is 0.282 e. The minimum absolute atomic E-state index is 0.0238. The number of ether oxygens (including phenoxy) is 1. The number of aryl methyl sites for hydroxylation is 1. The van der Waals surface area contributed by atoms with Crippen molar-refractivity contribution in [2.45, 2.75) is 25.9 Å². The van der Waals surface area contributed by atoms with Gasteiger partial charge in [0.2, 0.25) is 0 Å². The summed E-state index contributed by atoms with van der Waals surface area (Å²) >= 11 is 0. The third-order valence-electron chi connectivity index (χ3n) is 3.83. The highest BCUT2D eigenvalue weighted by Crippen LogP contribution is 2.34. The zero-order valence-corrected chi connectivity index (χ0v) is 13.3. The van der Waals surface area contributed by atoms with E-state index in [1.165, 1.54) is 24.5 Å². The number of carbonyl (C=O) groups excluding carboxylic acids is 1. The Hall–Kier alpha value is -2.90. The van der Waals surface area contributed by atoms with Crippen LogP contribution < -0.4 is 11.1 Å². The monoisotopic (exact) mass is 332 g/mol. The number of oxazole rings is 1. The van der Waals surface area contributed by atoms with E-state index < -0.39 is 17.3 Å². The van der Waals surface area contributed by atoms with Gasteiger partial charge < -0.3 is 20.2 Å². The van der Waals surface area contributed by atoms with Crippen LogP contribution in [-0.2, 0) is 10.3 Å². The van der Waals surface area contributed by atoms with Crippen LogP contribution in [0.1, 0.15) is 35.3 Å². The Kier molecular flexibility index (Phi) is 3.96. The van der Waals surface area contributed by atoms with Gasteiger partial charge in [-0.05, 0) is 25.1 Å². The van der Waals surface area contributed by atoms with Gasteiger partial charge in [-0.2, -0.15) is 0 Å². The minimum Gasteiger partial charge on any atom is -0.454 e. The number of aromatic nitrogens is 1. The maximum absolute atomic E-state index is 14.3. The number of hydrogen-bond acceptors (Lipinski definition) is 6. The Labute approximate surface area is 137 Å². The van der Waals surface area contributed by atoms with Crippen LogP contribution >= 0.6 is 0 Å². The molecule has 0 fully saturated rings. The number of benzene rings is 1. The summed E-state index contributed by atoms with van der Waals surface area (Å²) in [4.78, 5) is 20.0. The maximum atomic E-state index is 14.3. The lowest BCUT2D eigenvalue weighted by Gasteiger charge is -2.33. The Morgan fingerprint density at radius 2 is 2.25 bits per heavy atom. The quantitative estimate of drug-likeness (QED) is 0.898. The number of amides is 1. The minimum atomic E-state index is -0.943. The largest absolute Gasteiger partial charge is 0.454 e. The van der Waals surface area contributed by atoms with Gasteiger partial charge in [0.05, 0.1) is 0 Å². The van der Waals surface area contributed by atoms with Crippen LogP contribution in [0.15, 0.2) is 33.9 Å². The molecule has 8 heteroatoms. The summed E-state index contributed by atoms with van der Waals surface area (Å²) in [6, 6.07) is 4.29. The predicted molar refractivity (Wildman–Crippen MR) is 85.1 cm³/mol. The van der Waals surface area contributed by atoms with E-state index >= 15 is 0 Å². The molecule has 2 heterocycles. The van der Waals surface area contributed by atoms with Gasteiger partial charge in [-0.25, -0.2) is 14.4 Å². The molecule has 1 aromatic heterocycles. The first kappa shape index (κ1) is 16.0. The van der Waals surface area contributed by atoms with Gasteiger partial charge in [-0.15, -0.1) is 0 Å². The molecule has 0 radical (unpaired) electrons. The van der Waals surface area contributed by atoms with E-state index in [-0.39, 0.29) is 11.7 Å². The predicted octanol–water partition coefficient (Wildman–Crippen LogP) is 2.32. The molecule has 0 unspecified atom stereocenters. The number of nitrogens with one attached hydrogen (secondary N) is 1. The molecule has 0 bridgehead atoms. The summed E-state index contributed by atoms with van der Waals surface area (Å²) in [5.74, 6) is -0.500. The Bertz CT molecular complexity index is 817. The Morgan fingerprint density at radius 1 is 1.46 bits per heavy atom. The fourth-order valence-electron chi connectivity index (χ4n) is 2.55. The number of anilines is 1. The summed E-state index contributed by atoms with van der Waals surface area (Å²) in [7, 11) is 0. The zero-order valence-electron chi connectivity index (χ0n) is 13.3. The van der Waals surface area contributed by atoms with Crippen molar-refractivity contribution in [1.82, 2.24) is 4.98 Å². The molecule has 3 N–H and O–H groups in total. The second-order valence-electron chi connectivity index (χ2n) is 5.70. The number of hydrogen-bond donors (Lipinski definition) is 2. The lowest BCUT2D eigenvalue weighted by atomic mass is 9.90. The SMILES string of the molecule is Cc1nc(C(=O)Nc2ccc(F)c([C@]3(C)CCN=C(N)O3)c2)co1. The highest BCUT2D eigenvalue weighted by Gasteiger charge is 2.35. The number of nitrogens with two attached hydrogens (primary N) is 1. The van der Waals surface area contributed by atoms with E-state index in [1.54, 1.807) is 13.8 Å². The number of halogens is 1. The summed E-state index contributed by atoms with van der Waals surface area (Å²) in [5, 5.41) is 2.66. The molecular formula is C16H17FN4O3. The van der Waals surface area contributed by atoms with Crippen molar-refractivity contribution in [3.05, 3.63) is 47.4 Å². The molecule has 0 saturated heterocycles. The first-order valence-electron chi connectivity index (χ1n) is 7.40. The van der Waals surface area contributed by atoms with Gasteiger partial charge >= 0.3 is 0 Å². The lowest BCUT2D eigenvalue weighted by molar-refractivity contribution is 0.0482. The molecular weight excluding hydrogens is 315 g/mol. The van der Waals surface area contributed by atoms with Crippen LogP contribution in [0, 0.1) is 12.7 Å². The normalized spacial score (nSPS) is 20.2. The third kappa shape index (κ3) is 3.08. The Balaban J connectivity index is 1.86. The summed E-state index contributed by atoms with van der Waals surface area (Å²) in [6.07, 6.45) is 1.74. The van der Waals surface area contributed by atoms with Crippen LogP contribution in [0.2, 0.25) is 0 Å². The molecule has 1 amide bonds. The second-order valence-corrected chi connectivity index (χ2v) is 5.70. The van der Waals surface area contributed by atoms with Crippen molar-refractivity contribution in [3.8, 4) is 0 Å². The van der Waals surface area contributed by atoms with Crippen molar-refractivity contribution in [3.63, 3.8) is 0 Å². The van der Waals surface area contributed by atoms with Gasteiger partial charge in [-0.1, -0.05) is 0 Å². The molecule has 1 aliphatic heterocycles. The first-order chi connectivity index (χ1) is 11.4. The number of amidine groups is 1. The van der Waals surface area contributed by atoms with Crippen LogP contribution in [0.25, 0.3) is 0 Å². The van der Waals surface area contributed by atoms with E-state index in [1.807, 2.05) is 0 Å². The number of nitrogens with zero attached hydrogens (tertiary/aromatic N) is 2. The molecule has 3 rings (SSSR count). The van der Waals surface area contributed by atoms with Crippen molar-refractivity contribution in [2.75, 3.05) is 11.9 Å².